The van der Waals surface area contributed by atoms with E-state index in [0.29, 0.717) is 21.5 Å². The summed E-state index contributed by atoms with van der Waals surface area (Å²) < 4.78 is 19.4. The van der Waals surface area contributed by atoms with Gasteiger partial charge < -0.3 is 9.72 Å². The lowest BCUT2D eigenvalue weighted by Crippen LogP contribution is -2.19. The number of fused-ring (bicyclic) bond motifs is 1. The van der Waals surface area contributed by atoms with Crippen LogP contribution in [-0.4, -0.2) is 27.8 Å². The molecule has 0 bridgehead atoms. The van der Waals surface area contributed by atoms with Gasteiger partial charge in [0.25, 0.3) is 5.91 Å². The zero-order valence-corrected chi connectivity index (χ0v) is 18.3. The maximum Gasteiger partial charge on any atom is 0.250 e. The topological polar surface area (TPSA) is 79.4 Å². The number of imidazole rings is 1. The average Bonchev–Trinajstić information content (AvgIpc) is 3.21. The zero-order chi connectivity index (χ0) is 22.3. The molecule has 4 rings (SSSR count). The number of aromatic nitrogens is 2. The van der Waals surface area contributed by atoms with Crippen molar-refractivity contribution in [1.29, 1.82) is 0 Å². The summed E-state index contributed by atoms with van der Waals surface area (Å²) in [5.74, 6) is 0.0966. The molecule has 0 fully saturated rings. The van der Waals surface area contributed by atoms with Crippen LogP contribution >= 0.6 is 23.4 Å². The number of para-hydroxylation sites is 2. The molecule has 162 valence electrons. The lowest BCUT2D eigenvalue weighted by atomic mass is 10.2. The molecule has 4 aromatic rings. The molecule has 1 aromatic heterocycles. The van der Waals surface area contributed by atoms with E-state index < -0.39 is 5.82 Å². The number of nitrogens with one attached hydrogen (secondary N) is 2. The van der Waals surface area contributed by atoms with Gasteiger partial charge in [-0.25, -0.2) is 14.8 Å². The fraction of sp³-hybridized carbons (Fsp3) is 0.0870. The van der Waals surface area contributed by atoms with Gasteiger partial charge in [0, 0.05) is 5.56 Å². The van der Waals surface area contributed by atoms with E-state index in [2.05, 4.69) is 20.5 Å². The second-order valence-corrected chi connectivity index (χ2v) is 8.07. The Labute approximate surface area is 192 Å². The molecule has 0 spiro atoms. The number of carbonyl (C=O) groups excluding carboxylic acids is 1. The van der Waals surface area contributed by atoms with Crippen LogP contribution in [0, 0.1) is 5.82 Å². The van der Waals surface area contributed by atoms with Crippen molar-refractivity contribution in [2.75, 3.05) is 5.75 Å². The number of benzene rings is 3. The van der Waals surface area contributed by atoms with Crippen molar-refractivity contribution in [3.63, 3.8) is 0 Å². The summed E-state index contributed by atoms with van der Waals surface area (Å²) in [4.78, 5) is 19.6. The highest BCUT2D eigenvalue weighted by Crippen LogP contribution is 2.22. The summed E-state index contributed by atoms with van der Waals surface area (Å²) in [6.07, 6.45) is 1.53. The summed E-state index contributed by atoms with van der Waals surface area (Å²) in [7, 11) is 0. The molecule has 0 radical (unpaired) electrons. The quantitative estimate of drug-likeness (QED) is 0.212. The van der Waals surface area contributed by atoms with E-state index in [1.54, 1.807) is 36.4 Å². The van der Waals surface area contributed by atoms with E-state index in [4.69, 9.17) is 16.3 Å². The number of halogens is 2. The third-order valence-electron chi connectivity index (χ3n) is 4.44. The normalized spacial score (nSPS) is 11.2. The number of H-pyrrole nitrogens is 1. The largest absolute Gasteiger partial charge is 0.489 e. The van der Waals surface area contributed by atoms with Crippen molar-refractivity contribution < 1.29 is 13.9 Å². The average molecular weight is 469 g/mol. The highest BCUT2D eigenvalue weighted by molar-refractivity contribution is 7.99. The smallest absolute Gasteiger partial charge is 0.250 e. The van der Waals surface area contributed by atoms with Crippen LogP contribution < -0.4 is 10.2 Å². The number of hydrogen-bond donors (Lipinski definition) is 2. The van der Waals surface area contributed by atoms with Gasteiger partial charge in [0.2, 0.25) is 0 Å². The Morgan fingerprint density at radius 1 is 1.16 bits per heavy atom. The molecule has 32 heavy (non-hydrogen) atoms. The van der Waals surface area contributed by atoms with Crippen molar-refractivity contribution in [2.24, 2.45) is 5.10 Å². The molecule has 3 aromatic carbocycles. The van der Waals surface area contributed by atoms with E-state index in [-0.39, 0.29) is 18.3 Å². The van der Waals surface area contributed by atoms with Crippen LogP contribution in [0.1, 0.15) is 11.1 Å². The maximum absolute atomic E-state index is 13.8. The van der Waals surface area contributed by atoms with Crippen molar-refractivity contribution in [1.82, 2.24) is 15.4 Å². The van der Waals surface area contributed by atoms with Crippen LogP contribution in [0.2, 0.25) is 5.02 Å². The van der Waals surface area contributed by atoms with Gasteiger partial charge in [0.15, 0.2) is 5.16 Å². The number of nitrogens with zero attached hydrogens (tertiary/aromatic N) is 2. The molecule has 0 aliphatic heterocycles. The van der Waals surface area contributed by atoms with E-state index >= 15 is 0 Å². The van der Waals surface area contributed by atoms with Gasteiger partial charge in [-0.1, -0.05) is 41.6 Å². The number of hydrogen-bond acceptors (Lipinski definition) is 5. The van der Waals surface area contributed by atoms with Crippen LogP contribution in [0.5, 0.6) is 5.75 Å². The number of thioether (sulfide) groups is 1. The van der Waals surface area contributed by atoms with Crippen LogP contribution in [0.25, 0.3) is 11.0 Å². The summed E-state index contributed by atoms with van der Waals surface area (Å²) in [5.41, 5.74) is 5.36. The summed E-state index contributed by atoms with van der Waals surface area (Å²) in [6.45, 7) is 0.0257. The molecule has 0 aliphatic carbocycles. The van der Waals surface area contributed by atoms with Gasteiger partial charge in [-0.3, -0.25) is 4.79 Å². The van der Waals surface area contributed by atoms with Gasteiger partial charge in [-0.05, 0) is 54.1 Å². The van der Waals surface area contributed by atoms with Crippen molar-refractivity contribution in [2.45, 2.75) is 11.8 Å². The maximum atomic E-state index is 13.8. The molecule has 0 atom stereocenters. The van der Waals surface area contributed by atoms with Crippen LogP contribution in [0.15, 0.2) is 77.0 Å². The SMILES string of the molecule is O=C(CSc1nc2ccccc2[nH]1)N/N=C/c1ccc(OCc2c(F)cccc2Cl)cc1. The first-order valence-corrected chi connectivity index (χ1v) is 11.0. The Morgan fingerprint density at radius 3 is 2.75 bits per heavy atom. The van der Waals surface area contributed by atoms with Crippen LogP contribution in [-0.2, 0) is 11.4 Å². The molecule has 1 amide bonds. The Balaban J connectivity index is 1.24. The number of hydrazone groups is 1. The van der Waals surface area contributed by atoms with Crippen molar-refractivity contribution in [3.05, 3.63) is 88.7 Å². The standard InChI is InChI=1S/C23H18ClFN4O2S/c24-18-4-3-5-19(25)17(18)13-31-16-10-8-15(9-11-16)12-26-29-22(30)14-32-23-27-20-6-1-2-7-21(20)28-23/h1-12H,13-14H2,(H,27,28)(H,29,30)/b26-12+. The number of amides is 1. The monoisotopic (exact) mass is 468 g/mol. The van der Waals surface area contributed by atoms with Crippen LogP contribution in [0.4, 0.5) is 4.39 Å². The highest BCUT2D eigenvalue weighted by atomic mass is 35.5. The number of ether oxygens (including phenoxy) is 1. The summed E-state index contributed by atoms with van der Waals surface area (Å²) in [6, 6.07) is 19.2. The number of aromatic amines is 1. The van der Waals surface area contributed by atoms with Gasteiger partial charge in [-0.2, -0.15) is 5.10 Å². The third kappa shape index (κ3) is 5.66. The minimum absolute atomic E-state index is 0.0257. The molecule has 9 heteroatoms. The van der Waals surface area contributed by atoms with E-state index in [0.717, 1.165) is 16.6 Å². The molecule has 6 nitrogen and oxygen atoms in total. The molecule has 0 unspecified atom stereocenters. The summed E-state index contributed by atoms with van der Waals surface area (Å²) in [5, 5.41) is 4.97. The minimum atomic E-state index is -0.407. The number of rotatable bonds is 8. The number of carbonyl (C=O) groups is 1. The second-order valence-electron chi connectivity index (χ2n) is 6.70. The fourth-order valence-corrected chi connectivity index (χ4v) is 3.71. The van der Waals surface area contributed by atoms with Gasteiger partial charge in [0.1, 0.15) is 18.2 Å². The van der Waals surface area contributed by atoms with Crippen molar-refractivity contribution >= 4 is 46.5 Å². The Kier molecular flexibility index (Phi) is 7.03. The molecular weight excluding hydrogens is 451 g/mol. The minimum Gasteiger partial charge on any atom is -0.489 e. The molecule has 1 heterocycles. The Hall–Kier alpha value is -3.36. The fourth-order valence-electron chi connectivity index (χ4n) is 2.82. The lowest BCUT2D eigenvalue weighted by Gasteiger charge is -2.08. The first-order valence-electron chi connectivity index (χ1n) is 9.64. The van der Waals surface area contributed by atoms with E-state index in [1.165, 1.54) is 24.0 Å². The van der Waals surface area contributed by atoms with E-state index in [9.17, 15) is 9.18 Å². The Morgan fingerprint density at radius 2 is 1.97 bits per heavy atom. The molecule has 0 aliphatic rings. The predicted octanol–water partition coefficient (Wildman–Crippen LogP) is 5.18. The lowest BCUT2D eigenvalue weighted by molar-refractivity contribution is -0.118. The molecule has 0 saturated heterocycles. The first-order chi connectivity index (χ1) is 15.6. The van der Waals surface area contributed by atoms with Gasteiger partial charge >= 0.3 is 0 Å². The van der Waals surface area contributed by atoms with Crippen molar-refractivity contribution in [3.8, 4) is 5.75 Å². The Bertz CT molecular complexity index is 1210. The highest BCUT2D eigenvalue weighted by Gasteiger charge is 2.08. The molecular formula is C23H18ClFN4O2S. The van der Waals surface area contributed by atoms with Gasteiger partial charge in [-0.15, -0.1) is 0 Å². The molecule has 0 saturated carbocycles. The second kappa shape index (κ2) is 10.3. The molecule has 2 N–H and O–H groups in total. The first kappa shape index (κ1) is 21.9. The van der Waals surface area contributed by atoms with Crippen LogP contribution in [0.3, 0.4) is 0 Å². The van der Waals surface area contributed by atoms with E-state index in [1.807, 2.05) is 24.3 Å². The predicted molar refractivity (Wildman–Crippen MR) is 125 cm³/mol. The third-order valence-corrected chi connectivity index (χ3v) is 5.66. The summed E-state index contributed by atoms with van der Waals surface area (Å²) >= 11 is 7.30. The zero-order valence-electron chi connectivity index (χ0n) is 16.7. The van der Waals surface area contributed by atoms with Gasteiger partial charge in [0.05, 0.1) is 28.0 Å².